The molecule has 3 aromatic carbocycles. The molecule has 2 bridgehead atoms. The average molecular weight is 653 g/mol. The van der Waals surface area contributed by atoms with Gasteiger partial charge in [0.15, 0.2) is 0 Å². The molecule has 7 atom stereocenters. The lowest BCUT2D eigenvalue weighted by molar-refractivity contribution is -0.123. The number of anilines is 1. The van der Waals surface area contributed by atoms with Gasteiger partial charge in [-0.1, -0.05) is 47.7 Å². The van der Waals surface area contributed by atoms with Gasteiger partial charge in [0, 0.05) is 16.0 Å². The lowest BCUT2D eigenvalue weighted by atomic mass is 9.68. The van der Waals surface area contributed by atoms with Gasteiger partial charge in [0.25, 0.3) is 0 Å². The van der Waals surface area contributed by atoms with Crippen LogP contribution in [0.5, 0.6) is 5.75 Å². The van der Waals surface area contributed by atoms with Gasteiger partial charge in [-0.3, -0.25) is 19.3 Å². The zero-order chi connectivity index (χ0) is 31.7. The Morgan fingerprint density at radius 1 is 0.935 bits per heavy atom. The van der Waals surface area contributed by atoms with E-state index in [1.165, 1.54) is 21.8 Å². The van der Waals surface area contributed by atoms with Gasteiger partial charge in [-0.05, 0) is 91.1 Å². The summed E-state index contributed by atoms with van der Waals surface area (Å²) in [6.45, 7) is 4.56. The molecule has 2 amide bonds. The number of amides is 2. The predicted molar refractivity (Wildman–Crippen MR) is 175 cm³/mol. The molecule has 0 radical (unpaired) electrons. The number of aromatic nitrogens is 1. The summed E-state index contributed by atoms with van der Waals surface area (Å²) in [5.41, 5.74) is 4.26. The molecule has 0 spiro atoms. The maximum Gasteiger partial charge on any atom is 0.338 e. The summed E-state index contributed by atoms with van der Waals surface area (Å²) in [5.74, 6) is -0.702. The Morgan fingerprint density at radius 2 is 1.65 bits per heavy atom. The molecule has 1 N–H and O–H groups in total. The van der Waals surface area contributed by atoms with Crippen molar-refractivity contribution in [2.24, 2.45) is 29.6 Å². The van der Waals surface area contributed by atoms with Crippen LogP contribution in [0.3, 0.4) is 0 Å². The van der Waals surface area contributed by atoms with Gasteiger partial charge in [-0.15, -0.1) is 11.8 Å². The van der Waals surface area contributed by atoms with Crippen LogP contribution in [0.15, 0.2) is 82.6 Å². The Bertz CT molecular complexity index is 1920. The van der Waals surface area contributed by atoms with E-state index >= 15 is 0 Å². The third-order valence-corrected chi connectivity index (χ3v) is 12.8. The average Bonchev–Trinajstić information content (AvgIpc) is 3.80. The van der Waals surface area contributed by atoms with Gasteiger partial charge in [-0.25, -0.2) is 4.79 Å². The normalized spacial score (nSPS) is 27.3. The number of hydrogen-bond acceptors (Lipinski definition) is 8. The molecule has 46 heavy (non-hydrogen) atoms. The van der Waals surface area contributed by atoms with Crippen molar-refractivity contribution in [2.75, 3.05) is 11.5 Å². The first-order valence-electron chi connectivity index (χ1n) is 15.7. The second-order valence-corrected chi connectivity index (χ2v) is 14.7. The van der Waals surface area contributed by atoms with Gasteiger partial charge in [-0.2, -0.15) is 0 Å². The van der Waals surface area contributed by atoms with E-state index in [0.717, 1.165) is 33.2 Å². The summed E-state index contributed by atoms with van der Waals surface area (Å²) in [6.07, 6.45) is 0.818. The topological polar surface area (TPSA) is 106 Å². The second-order valence-electron chi connectivity index (χ2n) is 12.5. The summed E-state index contributed by atoms with van der Waals surface area (Å²) in [5, 5.41) is 0.988. The number of hydrogen-bond donors (Lipinski definition) is 1. The Hall–Kier alpha value is -4.15. The fraction of sp³-hybridized carbons (Fsp3) is 0.333. The molecule has 8 nitrogen and oxygen atoms in total. The van der Waals surface area contributed by atoms with E-state index in [2.05, 4.69) is 36.2 Å². The first kappa shape index (κ1) is 29.3. The summed E-state index contributed by atoms with van der Waals surface area (Å²) in [4.78, 5) is 58.1. The van der Waals surface area contributed by atoms with Crippen LogP contribution < -0.4 is 14.5 Å². The second kappa shape index (κ2) is 11.3. The number of nitrogens with zero attached hydrogens (tertiary/aromatic N) is 1. The standard InChI is InChI=1S/C36H32N2O6S2/c1-3-43-35(41)20-8-12-22(13-9-20)38-33(39)28-24-16-25(29(28)34(38)40)30-27(24)26(31-32(45-30)37-36(42)46-31)19-10-14-23(15-11-19)44-17-21-7-5-4-6-18(21)2/h4-15,24-30H,3,16-17H2,1-2H3,(H,37,42)/t24-,25-,26?,27?,28?,29?,30?/m1/s1. The van der Waals surface area contributed by atoms with Crippen molar-refractivity contribution in [3.63, 3.8) is 0 Å². The van der Waals surface area contributed by atoms with Crippen LogP contribution in [0.1, 0.15) is 51.2 Å². The molecule has 4 aliphatic rings. The van der Waals surface area contributed by atoms with E-state index in [4.69, 9.17) is 9.47 Å². The molecule has 2 aliphatic carbocycles. The Labute approximate surface area is 274 Å². The monoisotopic (exact) mass is 652 g/mol. The van der Waals surface area contributed by atoms with Crippen LogP contribution in [0, 0.1) is 36.5 Å². The van der Waals surface area contributed by atoms with Crippen LogP contribution in [0.2, 0.25) is 0 Å². The molecule has 1 saturated heterocycles. The molecule has 2 aliphatic heterocycles. The van der Waals surface area contributed by atoms with Gasteiger partial charge in [0.1, 0.15) is 12.4 Å². The number of fused-ring (bicyclic) bond motifs is 9. The number of aromatic amines is 1. The van der Waals surface area contributed by atoms with Crippen molar-refractivity contribution in [2.45, 2.75) is 43.1 Å². The first-order chi connectivity index (χ1) is 22.3. The zero-order valence-corrected chi connectivity index (χ0v) is 26.9. The number of imide groups is 1. The lowest BCUT2D eigenvalue weighted by Gasteiger charge is -2.43. The van der Waals surface area contributed by atoms with Crippen LogP contribution in [-0.4, -0.2) is 34.6 Å². The third-order valence-electron chi connectivity index (χ3n) is 10.3. The van der Waals surface area contributed by atoms with Crippen molar-refractivity contribution in [3.8, 4) is 5.75 Å². The highest BCUT2D eigenvalue weighted by Crippen LogP contribution is 2.68. The van der Waals surface area contributed by atoms with Gasteiger partial charge >= 0.3 is 10.8 Å². The van der Waals surface area contributed by atoms with E-state index in [1.54, 1.807) is 43.0 Å². The number of esters is 1. The van der Waals surface area contributed by atoms with Crippen molar-refractivity contribution in [1.29, 1.82) is 0 Å². The number of nitrogens with one attached hydrogen (secondary N) is 1. The highest BCUT2D eigenvalue weighted by Gasteiger charge is 2.69. The molecule has 8 rings (SSSR count). The molecule has 3 heterocycles. The van der Waals surface area contributed by atoms with Crippen molar-refractivity contribution in [3.05, 3.63) is 110 Å². The van der Waals surface area contributed by atoms with E-state index in [1.807, 2.05) is 24.3 Å². The number of carbonyl (C=O) groups excluding carboxylic acids is 3. The van der Waals surface area contributed by atoms with Crippen LogP contribution >= 0.6 is 23.1 Å². The van der Waals surface area contributed by atoms with Crippen molar-refractivity contribution >= 4 is 46.6 Å². The molecular weight excluding hydrogens is 621 g/mol. The Kier molecular flexibility index (Phi) is 7.17. The maximum absolute atomic E-state index is 14.1. The number of ether oxygens (including phenoxy) is 2. The Morgan fingerprint density at radius 3 is 2.37 bits per heavy atom. The molecule has 10 heteroatoms. The number of carbonyl (C=O) groups is 3. The van der Waals surface area contributed by atoms with Crippen molar-refractivity contribution < 1.29 is 23.9 Å². The van der Waals surface area contributed by atoms with Gasteiger partial charge in [0.2, 0.25) is 11.8 Å². The zero-order valence-electron chi connectivity index (χ0n) is 25.3. The molecule has 2 saturated carbocycles. The fourth-order valence-electron chi connectivity index (χ4n) is 8.31. The number of thiazole rings is 1. The Balaban J connectivity index is 1.09. The SMILES string of the molecule is CCOC(=O)c1ccc(N2C(=O)C3C(C2=O)[C@@H]2C[C@H]3C3Sc4[nH]c(=O)sc4C(c4ccc(OCc5ccccc5C)cc4)C32)cc1. The van der Waals surface area contributed by atoms with Crippen LogP contribution in [-0.2, 0) is 20.9 Å². The smallest absolute Gasteiger partial charge is 0.338 e. The van der Waals surface area contributed by atoms with E-state index in [0.29, 0.717) is 17.9 Å². The quantitative estimate of drug-likeness (QED) is 0.188. The minimum absolute atomic E-state index is 0.0140. The summed E-state index contributed by atoms with van der Waals surface area (Å²) in [6, 6.07) is 22.8. The number of H-pyrrole nitrogens is 1. The summed E-state index contributed by atoms with van der Waals surface area (Å²) in [7, 11) is 0. The minimum atomic E-state index is -0.438. The largest absolute Gasteiger partial charge is 0.489 e. The molecule has 3 fully saturated rings. The summed E-state index contributed by atoms with van der Waals surface area (Å²) >= 11 is 2.93. The summed E-state index contributed by atoms with van der Waals surface area (Å²) < 4.78 is 11.2. The molecular formula is C36H32N2O6S2. The first-order valence-corrected chi connectivity index (χ1v) is 17.4. The number of benzene rings is 3. The van der Waals surface area contributed by atoms with Crippen LogP contribution in [0.25, 0.3) is 0 Å². The number of rotatable bonds is 7. The predicted octanol–water partition coefficient (Wildman–Crippen LogP) is 6.18. The fourth-order valence-corrected chi connectivity index (χ4v) is 11.2. The highest BCUT2D eigenvalue weighted by atomic mass is 32.2. The highest BCUT2D eigenvalue weighted by molar-refractivity contribution is 8.00. The minimum Gasteiger partial charge on any atom is -0.489 e. The van der Waals surface area contributed by atoms with E-state index < -0.39 is 11.9 Å². The third kappa shape index (κ3) is 4.56. The molecule has 234 valence electrons. The van der Waals surface area contributed by atoms with Gasteiger partial charge < -0.3 is 14.5 Å². The number of thioether (sulfide) groups is 1. The van der Waals surface area contributed by atoms with Gasteiger partial charge in [0.05, 0.1) is 34.7 Å². The molecule has 4 aromatic rings. The van der Waals surface area contributed by atoms with Crippen LogP contribution in [0.4, 0.5) is 5.69 Å². The molecule has 5 unspecified atom stereocenters. The maximum atomic E-state index is 14.1. The number of aryl methyl sites for hydroxylation is 1. The van der Waals surface area contributed by atoms with E-state index in [9.17, 15) is 19.2 Å². The lowest BCUT2D eigenvalue weighted by Crippen LogP contribution is -2.42. The molecule has 1 aromatic heterocycles. The van der Waals surface area contributed by atoms with Crippen molar-refractivity contribution in [1.82, 2.24) is 4.98 Å². The van der Waals surface area contributed by atoms with E-state index in [-0.39, 0.29) is 58.1 Å².